The highest BCUT2D eigenvalue weighted by molar-refractivity contribution is 6.06. The van der Waals surface area contributed by atoms with Crippen molar-refractivity contribution in [3.05, 3.63) is 65.2 Å². The number of ether oxygens (including phenoxy) is 2. The predicted octanol–water partition coefficient (Wildman–Crippen LogP) is 5.78. The third kappa shape index (κ3) is 10.4. The highest BCUT2D eigenvalue weighted by Crippen LogP contribution is 2.27. The zero-order valence-electron chi connectivity index (χ0n) is 27.1. The Kier molecular flexibility index (Phi) is 15.0. The van der Waals surface area contributed by atoms with Crippen molar-refractivity contribution in [2.75, 3.05) is 37.9 Å². The van der Waals surface area contributed by atoms with Crippen molar-refractivity contribution < 1.29 is 28.7 Å². The number of Topliss-reactive ketones (excluding diaryl/α,β-unsaturated/α-hetero) is 2. The van der Waals surface area contributed by atoms with Crippen molar-refractivity contribution in [3.63, 3.8) is 0 Å². The molecule has 2 aromatic rings. The Hall–Kier alpha value is -3.80. The van der Waals surface area contributed by atoms with E-state index in [1.54, 1.807) is 4.90 Å². The molecule has 0 aromatic heterocycles. The highest BCUT2D eigenvalue weighted by atomic mass is 16.5. The van der Waals surface area contributed by atoms with Crippen molar-refractivity contribution in [2.24, 2.45) is 5.41 Å². The van der Waals surface area contributed by atoms with Crippen LogP contribution >= 0.6 is 0 Å². The standard InChI is InChI=1S/C37H48N2O6/c1-4-7-25-38-36(43)37(27-44-5-2,28-45-6-3)34(41)21-13-11-18-32(40)19-14-22-35(42)39-26-31-17-9-8-15-29(31)23-24-30-16-10-12-20-33(30)39/h8-10,12,15-17,20H,4-7,11,13-14,18-19,21-22,25-28H2,1-3H3,(H,38,43). The molecule has 0 fully saturated rings. The second-order valence-electron chi connectivity index (χ2n) is 11.4. The lowest BCUT2D eigenvalue weighted by atomic mass is 9.81. The van der Waals surface area contributed by atoms with Crippen LogP contribution in [0, 0.1) is 17.3 Å². The molecule has 8 heteroatoms. The van der Waals surface area contributed by atoms with Gasteiger partial charge in [-0.1, -0.05) is 55.5 Å². The number of hydrogen-bond acceptors (Lipinski definition) is 6. The zero-order valence-corrected chi connectivity index (χ0v) is 27.1. The largest absolute Gasteiger partial charge is 0.380 e. The van der Waals surface area contributed by atoms with E-state index in [9.17, 15) is 19.2 Å². The average molecular weight is 617 g/mol. The van der Waals surface area contributed by atoms with E-state index in [0.717, 1.165) is 35.2 Å². The first-order valence-electron chi connectivity index (χ1n) is 16.3. The molecule has 8 nitrogen and oxygen atoms in total. The van der Waals surface area contributed by atoms with Gasteiger partial charge in [0.1, 0.15) is 5.78 Å². The Bertz CT molecular complexity index is 1350. The van der Waals surface area contributed by atoms with Gasteiger partial charge in [0.05, 0.1) is 25.4 Å². The molecular weight excluding hydrogens is 568 g/mol. The fraction of sp³-hybridized carbons (Fsp3) is 0.514. The first-order chi connectivity index (χ1) is 21.9. The second kappa shape index (κ2) is 18.9. The number of unbranched alkanes of at least 4 members (excludes halogenated alkanes) is 2. The molecule has 0 saturated heterocycles. The van der Waals surface area contributed by atoms with Crippen LogP contribution in [0.25, 0.3) is 0 Å². The molecule has 45 heavy (non-hydrogen) atoms. The molecule has 1 heterocycles. The molecule has 0 radical (unpaired) electrons. The third-order valence-electron chi connectivity index (χ3n) is 8.02. The maximum absolute atomic E-state index is 13.4. The van der Waals surface area contributed by atoms with Crippen molar-refractivity contribution >= 4 is 29.1 Å². The van der Waals surface area contributed by atoms with Gasteiger partial charge >= 0.3 is 0 Å². The second-order valence-corrected chi connectivity index (χ2v) is 11.4. The number of amides is 2. The predicted molar refractivity (Wildman–Crippen MR) is 176 cm³/mol. The SMILES string of the molecule is CCCCNC(=O)C(COCC)(COCC)C(=O)CCCCC(=O)CCCC(=O)N1Cc2ccccc2C#Cc2ccccc21. The van der Waals surface area contributed by atoms with E-state index in [-0.39, 0.29) is 49.4 Å². The van der Waals surface area contributed by atoms with Crippen LogP contribution in [0.4, 0.5) is 5.69 Å². The molecule has 0 spiro atoms. The molecule has 1 N–H and O–H groups in total. The maximum atomic E-state index is 13.4. The van der Waals surface area contributed by atoms with Crippen LogP contribution in [0.1, 0.15) is 95.2 Å². The summed E-state index contributed by atoms with van der Waals surface area (Å²) in [7, 11) is 0. The molecule has 0 aliphatic carbocycles. The van der Waals surface area contributed by atoms with Crippen LogP contribution in [0.3, 0.4) is 0 Å². The summed E-state index contributed by atoms with van der Waals surface area (Å²) in [6.45, 7) is 7.29. The van der Waals surface area contributed by atoms with Crippen molar-refractivity contribution in [3.8, 4) is 11.8 Å². The van der Waals surface area contributed by atoms with Gasteiger partial charge in [0.25, 0.3) is 0 Å². The van der Waals surface area contributed by atoms with Crippen LogP contribution < -0.4 is 10.2 Å². The average Bonchev–Trinajstić information content (AvgIpc) is 3.04. The van der Waals surface area contributed by atoms with Gasteiger partial charge in [0, 0.05) is 56.6 Å². The number of nitrogens with zero attached hydrogens (tertiary/aromatic N) is 1. The molecule has 2 aromatic carbocycles. The van der Waals surface area contributed by atoms with E-state index in [4.69, 9.17) is 9.47 Å². The minimum atomic E-state index is -1.40. The summed E-state index contributed by atoms with van der Waals surface area (Å²) in [4.78, 5) is 54.5. The van der Waals surface area contributed by atoms with Gasteiger partial charge in [-0.3, -0.25) is 19.2 Å². The number of fused-ring (bicyclic) bond motifs is 2. The van der Waals surface area contributed by atoms with E-state index >= 15 is 0 Å². The van der Waals surface area contributed by atoms with Crippen LogP contribution in [-0.4, -0.2) is 56.4 Å². The molecule has 2 amide bonds. The van der Waals surface area contributed by atoms with E-state index in [2.05, 4.69) is 17.2 Å². The lowest BCUT2D eigenvalue weighted by Gasteiger charge is -2.30. The first-order valence-corrected chi connectivity index (χ1v) is 16.3. The van der Waals surface area contributed by atoms with Crippen LogP contribution in [-0.2, 0) is 35.2 Å². The lowest BCUT2D eigenvalue weighted by Crippen LogP contribution is -2.53. The summed E-state index contributed by atoms with van der Waals surface area (Å²) < 4.78 is 11.2. The molecule has 1 aliphatic rings. The zero-order chi connectivity index (χ0) is 32.5. The van der Waals surface area contributed by atoms with Gasteiger partial charge in [-0.2, -0.15) is 0 Å². The number of benzene rings is 2. The van der Waals surface area contributed by atoms with E-state index in [0.29, 0.717) is 58.4 Å². The number of anilines is 1. The van der Waals surface area contributed by atoms with Gasteiger partial charge in [-0.25, -0.2) is 0 Å². The number of carbonyl (C=O) groups excluding carboxylic acids is 4. The smallest absolute Gasteiger partial charge is 0.238 e. The van der Waals surface area contributed by atoms with E-state index in [1.807, 2.05) is 69.3 Å². The monoisotopic (exact) mass is 616 g/mol. The minimum Gasteiger partial charge on any atom is -0.380 e. The van der Waals surface area contributed by atoms with Crippen molar-refractivity contribution in [1.82, 2.24) is 5.32 Å². The molecule has 0 bridgehead atoms. The minimum absolute atomic E-state index is 0.0348. The summed E-state index contributed by atoms with van der Waals surface area (Å²) in [5.41, 5.74) is 2.08. The van der Waals surface area contributed by atoms with Crippen LogP contribution in [0.5, 0.6) is 0 Å². The Morgan fingerprint density at radius 2 is 1.40 bits per heavy atom. The Morgan fingerprint density at radius 3 is 2.11 bits per heavy atom. The van der Waals surface area contributed by atoms with Crippen LogP contribution in [0.15, 0.2) is 48.5 Å². The van der Waals surface area contributed by atoms with E-state index in [1.165, 1.54) is 0 Å². The Morgan fingerprint density at radius 1 is 0.778 bits per heavy atom. The lowest BCUT2D eigenvalue weighted by molar-refractivity contribution is -0.152. The summed E-state index contributed by atoms with van der Waals surface area (Å²) >= 11 is 0. The molecule has 0 saturated carbocycles. The normalized spacial score (nSPS) is 12.2. The maximum Gasteiger partial charge on any atom is 0.238 e. The Labute approximate surface area is 268 Å². The molecule has 0 unspecified atom stereocenters. The number of rotatable bonds is 20. The van der Waals surface area contributed by atoms with Gasteiger partial charge in [-0.15, -0.1) is 0 Å². The molecule has 1 aliphatic heterocycles. The summed E-state index contributed by atoms with van der Waals surface area (Å²) in [6.07, 6.45) is 4.24. The van der Waals surface area contributed by atoms with Gasteiger partial charge in [0.2, 0.25) is 11.8 Å². The number of hydrogen-bond donors (Lipinski definition) is 1. The Balaban J connectivity index is 1.51. The number of carbonyl (C=O) groups is 4. The first kappa shape index (κ1) is 35.7. The third-order valence-corrected chi connectivity index (χ3v) is 8.02. The van der Waals surface area contributed by atoms with Gasteiger partial charge < -0.3 is 19.7 Å². The molecule has 242 valence electrons. The fourth-order valence-electron chi connectivity index (χ4n) is 5.31. The fourth-order valence-corrected chi connectivity index (χ4v) is 5.31. The molecule has 0 atom stereocenters. The summed E-state index contributed by atoms with van der Waals surface area (Å²) in [5, 5.41) is 2.89. The number of para-hydroxylation sites is 1. The van der Waals surface area contributed by atoms with Gasteiger partial charge in [-0.05, 0) is 63.3 Å². The van der Waals surface area contributed by atoms with Gasteiger partial charge in [0.15, 0.2) is 11.2 Å². The van der Waals surface area contributed by atoms with Crippen molar-refractivity contribution in [2.45, 2.75) is 85.1 Å². The van der Waals surface area contributed by atoms with Crippen LogP contribution in [0.2, 0.25) is 0 Å². The molecule has 3 rings (SSSR count). The van der Waals surface area contributed by atoms with Crippen molar-refractivity contribution in [1.29, 1.82) is 0 Å². The highest BCUT2D eigenvalue weighted by Gasteiger charge is 2.45. The topological polar surface area (TPSA) is 102 Å². The number of ketones is 2. The quantitative estimate of drug-likeness (QED) is 0.115. The molecular formula is C37H48N2O6. The number of nitrogens with one attached hydrogen (secondary N) is 1. The summed E-state index contributed by atoms with van der Waals surface area (Å²) in [5.74, 6) is 5.86. The summed E-state index contributed by atoms with van der Waals surface area (Å²) in [6, 6.07) is 15.5. The van der Waals surface area contributed by atoms with E-state index < -0.39 is 5.41 Å².